The van der Waals surface area contributed by atoms with Crippen molar-refractivity contribution in [3.63, 3.8) is 0 Å². The quantitative estimate of drug-likeness (QED) is 0.796. The molecule has 1 amide bonds. The number of carbonyl (C=O) groups excluding carboxylic acids is 1. The predicted molar refractivity (Wildman–Crippen MR) is 64.7 cm³/mol. The third-order valence-corrected chi connectivity index (χ3v) is 2.12. The van der Waals surface area contributed by atoms with Gasteiger partial charge in [0.15, 0.2) is 11.6 Å². The highest BCUT2D eigenvalue weighted by atomic mass is 19.1. The van der Waals surface area contributed by atoms with Crippen molar-refractivity contribution < 1.29 is 13.9 Å². The van der Waals surface area contributed by atoms with Crippen molar-refractivity contribution >= 4 is 11.6 Å². The number of anilines is 1. The topological polar surface area (TPSA) is 50.4 Å². The van der Waals surface area contributed by atoms with Crippen LogP contribution in [0.25, 0.3) is 0 Å². The molecule has 0 aromatic heterocycles. The second kappa shape index (κ2) is 6.85. The summed E-state index contributed by atoms with van der Waals surface area (Å²) in [7, 11) is 1.77. The Morgan fingerprint density at radius 2 is 2.24 bits per heavy atom. The number of rotatable bonds is 6. The van der Waals surface area contributed by atoms with Gasteiger partial charge in [0.05, 0.1) is 6.61 Å². The van der Waals surface area contributed by atoms with Crippen LogP contribution in [0, 0.1) is 5.82 Å². The molecule has 0 heterocycles. The molecule has 0 saturated heterocycles. The van der Waals surface area contributed by atoms with Gasteiger partial charge in [0, 0.05) is 24.7 Å². The fourth-order valence-corrected chi connectivity index (χ4v) is 1.31. The highest BCUT2D eigenvalue weighted by Crippen LogP contribution is 2.21. The molecule has 0 atom stereocenters. The molecule has 0 aliphatic carbocycles. The number of benzene rings is 1. The predicted octanol–water partition coefficient (Wildman–Crippen LogP) is 1.77. The van der Waals surface area contributed by atoms with Crippen molar-refractivity contribution in [2.45, 2.75) is 13.3 Å². The van der Waals surface area contributed by atoms with Gasteiger partial charge in [-0.2, -0.15) is 0 Å². The Bertz CT molecular complexity index is 383. The van der Waals surface area contributed by atoms with Crippen LogP contribution in [-0.2, 0) is 4.79 Å². The van der Waals surface area contributed by atoms with Crippen LogP contribution < -0.4 is 15.4 Å². The molecule has 1 aromatic carbocycles. The maximum atomic E-state index is 13.5. The van der Waals surface area contributed by atoms with E-state index in [1.165, 1.54) is 12.1 Å². The number of hydrogen-bond acceptors (Lipinski definition) is 3. The molecule has 0 spiro atoms. The van der Waals surface area contributed by atoms with Gasteiger partial charge in [-0.1, -0.05) is 0 Å². The lowest BCUT2D eigenvalue weighted by Crippen LogP contribution is -2.18. The first-order chi connectivity index (χ1) is 8.17. The van der Waals surface area contributed by atoms with Gasteiger partial charge in [0.2, 0.25) is 5.91 Å². The monoisotopic (exact) mass is 240 g/mol. The Labute approximate surface area is 100 Å². The summed E-state index contributed by atoms with van der Waals surface area (Å²) in [5.74, 6) is -0.429. The fraction of sp³-hybridized carbons (Fsp3) is 0.417. The van der Waals surface area contributed by atoms with E-state index in [4.69, 9.17) is 4.74 Å². The van der Waals surface area contributed by atoms with E-state index in [9.17, 15) is 9.18 Å². The smallest absolute Gasteiger partial charge is 0.225 e. The molecule has 1 aromatic rings. The number of nitrogens with one attached hydrogen (secondary N) is 2. The van der Waals surface area contributed by atoms with Crippen LogP contribution in [0.2, 0.25) is 0 Å². The maximum Gasteiger partial charge on any atom is 0.225 e. The SMILES string of the molecule is CCOc1ccc(NC(=O)CCNC)cc1F. The zero-order valence-corrected chi connectivity index (χ0v) is 10.0. The molecule has 0 aliphatic rings. The average Bonchev–Trinajstić information content (AvgIpc) is 2.30. The molecular formula is C12H17FN2O2. The van der Waals surface area contributed by atoms with Crippen molar-refractivity contribution in [3.05, 3.63) is 24.0 Å². The van der Waals surface area contributed by atoms with Crippen LogP contribution in [-0.4, -0.2) is 26.1 Å². The van der Waals surface area contributed by atoms with Gasteiger partial charge in [0.25, 0.3) is 0 Å². The summed E-state index contributed by atoms with van der Waals surface area (Å²) in [5, 5.41) is 5.48. The number of halogens is 1. The van der Waals surface area contributed by atoms with Crippen LogP contribution in [0.15, 0.2) is 18.2 Å². The van der Waals surface area contributed by atoms with Gasteiger partial charge in [-0.15, -0.1) is 0 Å². The van der Waals surface area contributed by atoms with Crippen molar-refractivity contribution in [2.75, 3.05) is 25.5 Å². The van der Waals surface area contributed by atoms with Crippen LogP contribution in [0.4, 0.5) is 10.1 Å². The van der Waals surface area contributed by atoms with E-state index in [0.717, 1.165) is 0 Å². The van der Waals surface area contributed by atoms with Crippen LogP contribution in [0.5, 0.6) is 5.75 Å². The molecule has 0 bridgehead atoms. The zero-order chi connectivity index (χ0) is 12.7. The first-order valence-electron chi connectivity index (χ1n) is 5.54. The van der Waals surface area contributed by atoms with Gasteiger partial charge in [-0.3, -0.25) is 4.79 Å². The van der Waals surface area contributed by atoms with E-state index >= 15 is 0 Å². The zero-order valence-electron chi connectivity index (χ0n) is 10.0. The largest absolute Gasteiger partial charge is 0.491 e. The Kier molecular flexibility index (Phi) is 5.42. The third kappa shape index (κ3) is 4.40. The van der Waals surface area contributed by atoms with Crippen molar-refractivity contribution in [3.8, 4) is 5.75 Å². The summed E-state index contributed by atoms with van der Waals surface area (Å²) >= 11 is 0. The molecule has 94 valence electrons. The second-order valence-corrected chi connectivity index (χ2v) is 3.48. The summed E-state index contributed by atoms with van der Waals surface area (Å²) in [5.41, 5.74) is 0.437. The minimum absolute atomic E-state index is 0.150. The number of amides is 1. The second-order valence-electron chi connectivity index (χ2n) is 3.48. The Hall–Kier alpha value is -1.62. The Morgan fingerprint density at radius 1 is 1.47 bits per heavy atom. The average molecular weight is 240 g/mol. The van der Waals surface area contributed by atoms with E-state index in [1.807, 2.05) is 0 Å². The number of hydrogen-bond donors (Lipinski definition) is 2. The van der Waals surface area contributed by atoms with Gasteiger partial charge in [-0.25, -0.2) is 4.39 Å². The lowest BCUT2D eigenvalue weighted by Gasteiger charge is -2.08. The summed E-state index contributed by atoms with van der Waals surface area (Å²) in [6.07, 6.45) is 0.353. The van der Waals surface area contributed by atoms with E-state index in [-0.39, 0.29) is 11.7 Å². The molecule has 0 fully saturated rings. The highest BCUT2D eigenvalue weighted by Gasteiger charge is 2.06. The summed E-state index contributed by atoms with van der Waals surface area (Å²) in [6.45, 7) is 2.78. The van der Waals surface area contributed by atoms with Gasteiger partial charge in [-0.05, 0) is 26.1 Å². The van der Waals surface area contributed by atoms with Crippen molar-refractivity contribution in [2.24, 2.45) is 0 Å². The molecule has 0 unspecified atom stereocenters. The molecule has 5 heteroatoms. The summed E-state index contributed by atoms with van der Waals surface area (Å²) in [4.78, 5) is 11.4. The minimum atomic E-state index is -0.474. The molecule has 2 N–H and O–H groups in total. The third-order valence-electron chi connectivity index (χ3n) is 2.12. The molecular weight excluding hydrogens is 223 g/mol. The van der Waals surface area contributed by atoms with E-state index < -0.39 is 5.82 Å². The standard InChI is InChI=1S/C12H17FN2O2/c1-3-17-11-5-4-9(8-10(11)13)15-12(16)6-7-14-2/h4-5,8,14H,3,6-7H2,1-2H3,(H,15,16). The van der Waals surface area contributed by atoms with Crippen molar-refractivity contribution in [1.29, 1.82) is 0 Å². The molecule has 0 saturated carbocycles. The van der Waals surface area contributed by atoms with Crippen LogP contribution in [0.1, 0.15) is 13.3 Å². The normalized spacial score (nSPS) is 10.1. The van der Waals surface area contributed by atoms with Crippen LogP contribution in [0.3, 0.4) is 0 Å². The number of carbonyl (C=O) groups is 1. The molecule has 17 heavy (non-hydrogen) atoms. The van der Waals surface area contributed by atoms with Crippen molar-refractivity contribution in [1.82, 2.24) is 5.32 Å². The number of ether oxygens (including phenoxy) is 1. The molecule has 0 aliphatic heterocycles. The van der Waals surface area contributed by atoms with E-state index in [1.54, 1.807) is 20.0 Å². The molecule has 0 radical (unpaired) electrons. The van der Waals surface area contributed by atoms with Gasteiger partial charge >= 0.3 is 0 Å². The molecule has 1 rings (SSSR count). The first kappa shape index (κ1) is 13.4. The Morgan fingerprint density at radius 3 is 2.82 bits per heavy atom. The van der Waals surface area contributed by atoms with E-state index in [0.29, 0.717) is 25.3 Å². The lowest BCUT2D eigenvalue weighted by molar-refractivity contribution is -0.116. The van der Waals surface area contributed by atoms with E-state index in [2.05, 4.69) is 10.6 Å². The summed E-state index contributed by atoms with van der Waals surface area (Å²) < 4.78 is 18.5. The lowest BCUT2D eigenvalue weighted by atomic mass is 10.2. The highest BCUT2D eigenvalue weighted by molar-refractivity contribution is 5.90. The molecule has 4 nitrogen and oxygen atoms in total. The van der Waals surface area contributed by atoms with Crippen LogP contribution >= 0.6 is 0 Å². The fourth-order valence-electron chi connectivity index (χ4n) is 1.31. The maximum absolute atomic E-state index is 13.5. The first-order valence-corrected chi connectivity index (χ1v) is 5.54. The summed E-state index contributed by atoms with van der Waals surface area (Å²) in [6, 6.07) is 4.38. The van der Waals surface area contributed by atoms with Gasteiger partial charge < -0.3 is 15.4 Å². The minimum Gasteiger partial charge on any atom is -0.491 e. The Balaban J connectivity index is 2.60. The van der Waals surface area contributed by atoms with Gasteiger partial charge in [0.1, 0.15) is 0 Å².